The third-order valence-corrected chi connectivity index (χ3v) is 5.08. The lowest BCUT2D eigenvalue weighted by Crippen LogP contribution is -2.26. The van der Waals surface area contributed by atoms with Gasteiger partial charge in [-0.1, -0.05) is 17.7 Å². The number of alkyl halides is 3. The number of hydrogen-bond acceptors (Lipinski definition) is 5. The molecule has 0 aliphatic heterocycles. The molecule has 1 aromatic carbocycles. The molecular formula is C17H14ClF3N4OS. The van der Waals surface area contributed by atoms with Gasteiger partial charge in [-0.2, -0.15) is 23.0 Å². The summed E-state index contributed by atoms with van der Waals surface area (Å²) in [7, 11) is 1.73. The van der Waals surface area contributed by atoms with E-state index in [0.29, 0.717) is 12.2 Å². The Bertz CT molecular complexity index is 1030. The summed E-state index contributed by atoms with van der Waals surface area (Å²) in [6.07, 6.45) is -3.17. The van der Waals surface area contributed by atoms with Crippen LogP contribution in [0.25, 0.3) is 5.69 Å². The van der Waals surface area contributed by atoms with Crippen molar-refractivity contribution in [2.75, 3.05) is 11.9 Å². The molecule has 0 radical (unpaired) electrons. The van der Waals surface area contributed by atoms with Crippen molar-refractivity contribution in [3.8, 4) is 5.69 Å². The summed E-state index contributed by atoms with van der Waals surface area (Å²) in [6.45, 7) is 2.30. The second kappa shape index (κ2) is 7.32. The Kier molecular flexibility index (Phi) is 5.25. The van der Waals surface area contributed by atoms with Crippen LogP contribution in [-0.4, -0.2) is 21.8 Å². The van der Waals surface area contributed by atoms with Crippen molar-refractivity contribution in [1.29, 1.82) is 0 Å². The molecule has 0 N–H and O–H groups in total. The molecule has 0 amide bonds. The Morgan fingerprint density at radius 1 is 1.33 bits per heavy atom. The highest BCUT2D eigenvalue weighted by Gasteiger charge is 2.30. The first kappa shape index (κ1) is 19.4. The average molecular weight is 415 g/mol. The molecule has 0 fully saturated rings. The van der Waals surface area contributed by atoms with Gasteiger partial charge in [-0.25, -0.2) is 4.98 Å². The van der Waals surface area contributed by atoms with Crippen LogP contribution in [0.4, 0.5) is 18.9 Å². The first-order valence-electron chi connectivity index (χ1n) is 7.74. The van der Waals surface area contributed by atoms with Crippen molar-refractivity contribution in [2.24, 2.45) is 0 Å². The molecule has 0 atom stereocenters. The summed E-state index contributed by atoms with van der Waals surface area (Å²) in [5.41, 5.74) is -0.312. The van der Waals surface area contributed by atoms with Gasteiger partial charge in [0.25, 0.3) is 5.56 Å². The van der Waals surface area contributed by atoms with Gasteiger partial charge in [-0.3, -0.25) is 4.79 Å². The first-order valence-corrected chi connectivity index (χ1v) is 9.00. The highest BCUT2D eigenvalue weighted by Crippen LogP contribution is 2.30. The Morgan fingerprint density at radius 2 is 2.07 bits per heavy atom. The minimum absolute atomic E-state index is 0.0125. The lowest BCUT2D eigenvalue weighted by Gasteiger charge is -2.19. The van der Waals surface area contributed by atoms with Crippen LogP contribution < -0.4 is 10.5 Å². The SMILES string of the molecule is Cc1csc(CN(C)c2cnn(-c3cccc(C(F)(F)F)c3)c(=O)c2Cl)n1. The summed E-state index contributed by atoms with van der Waals surface area (Å²) in [5, 5.41) is 6.62. The molecule has 2 heterocycles. The number of anilines is 1. The van der Waals surface area contributed by atoms with Crippen LogP contribution in [0, 0.1) is 6.92 Å². The molecule has 0 saturated carbocycles. The number of nitrogens with zero attached hydrogens (tertiary/aromatic N) is 4. The maximum atomic E-state index is 12.9. The van der Waals surface area contributed by atoms with Gasteiger partial charge < -0.3 is 4.90 Å². The normalized spacial score (nSPS) is 11.6. The van der Waals surface area contributed by atoms with Crippen LogP contribution in [0.15, 0.2) is 40.6 Å². The van der Waals surface area contributed by atoms with Crippen molar-refractivity contribution in [2.45, 2.75) is 19.6 Å². The third kappa shape index (κ3) is 4.14. The van der Waals surface area contributed by atoms with E-state index in [4.69, 9.17) is 11.6 Å². The fourth-order valence-corrected chi connectivity index (χ4v) is 3.55. The van der Waals surface area contributed by atoms with Gasteiger partial charge in [0.1, 0.15) is 10.0 Å². The molecule has 0 saturated heterocycles. The van der Waals surface area contributed by atoms with E-state index in [1.54, 1.807) is 11.9 Å². The van der Waals surface area contributed by atoms with E-state index in [-0.39, 0.29) is 10.7 Å². The third-order valence-electron chi connectivity index (χ3n) is 3.77. The summed E-state index contributed by atoms with van der Waals surface area (Å²) in [4.78, 5) is 18.6. The number of hydrogen-bond donors (Lipinski definition) is 0. The van der Waals surface area contributed by atoms with Crippen LogP contribution in [-0.2, 0) is 12.7 Å². The zero-order valence-electron chi connectivity index (χ0n) is 14.3. The number of benzene rings is 1. The Hall–Kier alpha value is -2.39. The van der Waals surface area contributed by atoms with Crippen LogP contribution >= 0.6 is 22.9 Å². The van der Waals surface area contributed by atoms with Crippen molar-refractivity contribution < 1.29 is 13.2 Å². The van der Waals surface area contributed by atoms with Crippen LogP contribution in [0.3, 0.4) is 0 Å². The molecule has 0 aliphatic rings. The van der Waals surface area contributed by atoms with Crippen molar-refractivity contribution in [1.82, 2.24) is 14.8 Å². The zero-order chi connectivity index (χ0) is 19.8. The summed E-state index contributed by atoms with van der Waals surface area (Å²) >= 11 is 7.67. The van der Waals surface area contributed by atoms with Crippen LogP contribution in [0.5, 0.6) is 0 Å². The highest BCUT2D eigenvalue weighted by molar-refractivity contribution is 7.09. The largest absolute Gasteiger partial charge is 0.416 e. The summed E-state index contributed by atoms with van der Waals surface area (Å²) in [6, 6.07) is 4.35. The van der Waals surface area contributed by atoms with E-state index in [2.05, 4.69) is 10.1 Å². The summed E-state index contributed by atoms with van der Waals surface area (Å²) < 4.78 is 39.5. The van der Waals surface area contributed by atoms with Gasteiger partial charge in [-0.15, -0.1) is 11.3 Å². The van der Waals surface area contributed by atoms with E-state index in [1.807, 2.05) is 12.3 Å². The number of rotatable bonds is 4. The molecule has 3 rings (SSSR count). The fraction of sp³-hybridized carbons (Fsp3) is 0.235. The van der Waals surface area contributed by atoms with E-state index in [9.17, 15) is 18.0 Å². The fourth-order valence-electron chi connectivity index (χ4n) is 2.45. The van der Waals surface area contributed by atoms with Crippen LogP contribution in [0.1, 0.15) is 16.3 Å². The lowest BCUT2D eigenvalue weighted by atomic mass is 10.2. The first-order chi connectivity index (χ1) is 12.7. The second-order valence-electron chi connectivity index (χ2n) is 5.85. The molecule has 0 spiro atoms. The lowest BCUT2D eigenvalue weighted by molar-refractivity contribution is -0.137. The average Bonchev–Trinajstić information content (AvgIpc) is 3.01. The number of halogens is 4. The van der Waals surface area contributed by atoms with Crippen molar-refractivity contribution in [3.05, 3.63) is 67.5 Å². The van der Waals surface area contributed by atoms with E-state index < -0.39 is 17.3 Å². The predicted molar refractivity (Wildman–Crippen MR) is 98.8 cm³/mol. The smallest absolute Gasteiger partial charge is 0.365 e. The van der Waals surface area contributed by atoms with E-state index in [1.165, 1.54) is 29.7 Å². The highest BCUT2D eigenvalue weighted by atomic mass is 35.5. The Balaban J connectivity index is 1.95. The van der Waals surface area contributed by atoms with E-state index in [0.717, 1.165) is 27.5 Å². The van der Waals surface area contributed by atoms with Crippen molar-refractivity contribution in [3.63, 3.8) is 0 Å². The molecule has 2 aromatic heterocycles. The molecule has 5 nitrogen and oxygen atoms in total. The van der Waals surface area contributed by atoms with Gasteiger partial charge in [-0.05, 0) is 25.1 Å². The van der Waals surface area contributed by atoms with Crippen molar-refractivity contribution >= 4 is 28.6 Å². The molecule has 27 heavy (non-hydrogen) atoms. The van der Waals surface area contributed by atoms with Gasteiger partial charge in [0.05, 0.1) is 29.7 Å². The van der Waals surface area contributed by atoms with Gasteiger partial charge in [0, 0.05) is 18.1 Å². The molecule has 142 valence electrons. The number of aryl methyl sites for hydroxylation is 1. The Labute approximate surface area is 161 Å². The molecule has 3 aromatic rings. The minimum Gasteiger partial charge on any atom is -0.365 e. The van der Waals surface area contributed by atoms with Gasteiger partial charge >= 0.3 is 6.18 Å². The molecule has 0 bridgehead atoms. The quantitative estimate of drug-likeness (QED) is 0.638. The predicted octanol–water partition coefficient (Wildman–Crippen LogP) is 4.31. The van der Waals surface area contributed by atoms with Gasteiger partial charge in [0.2, 0.25) is 0 Å². The maximum Gasteiger partial charge on any atom is 0.416 e. The Morgan fingerprint density at radius 3 is 2.70 bits per heavy atom. The van der Waals surface area contributed by atoms with Gasteiger partial charge in [0.15, 0.2) is 0 Å². The topological polar surface area (TPSA) is 51.0 Å². The minimum atomic E-state index is -4.52. The zero-order valence-corrected chi connectivity index (χ0v) is 15.9. The maximum absolute atomic E-state index is 12.9. The molecule has 0 aliphatic carbocycles. The molecular weight excluding hydrogens is 401 g/mol. The standard InChI is InChI=1S/C17H14ClF3N4OS/c1-10-9-27-14(23-10)8-24(2)13-7-22-25(16(26)15(13)18)12-5-3-4-11(6-12)17(19,20)21/h3-7,9H,8H2,1-2H3. The monoisotopic (exact) mass is 414 g/mol. The number of thiazole rings is 1. The van der Waals surface area contributed by atoms with E-state index >= 15 is 0 Å². The van der Waals surface area contributed by atoms with Crippen LogP contribution in [0.2, 0.25) is 5.02 Å². The molecule has 0 unspecified atom stereocenters. The number of aromatic nitrogens is 3. The second-order valence-corrected chi connectivity index (χ2v) is 7.17. The molecule has 10 heteroatoms. The summed E-state index contributed by atoms with van der Waals surface area (Å²) in [5.74, 6) is 0.